The van der Waals surface area contributed by atoms with E-state index in [9.17, 15) is 9.90 Å². The van der Waals surface area contributed by atoms with Crippen molar-refractivity contribution in [3.63, 3.8) is 0 Å². The first kappa shape index (κ1) is 16.5. The minimum Gasteiger partial charge on any atom is -0.506 e. The Hall–Kier alpha value is -3.72. The molecule has 0 amide bonds. The van der Waals surface area contributed by atoms with E-state index in [0.717, 1.165) is 22.8 Å². The highest BCUT2D eigenvalue weighted by atomic mass is 32.1. The first-order valence-electron chi connectivity index (χ1n) is 8.32. The lowest BCUT2D eigenvalue weighted by atomic mass is 10.1. The number of rotatable bonds is 2. The van der Waals surface area contributed by atoms with Crippen LogP contribution < -0.4 is 10.4 Å². The topological polar surface area (TPSA) is 106 Å². The molecule has 0 unspecified atom stereocenters. The SMILES string of the molecule is Cc1ccc2oc(=O)c(-c3nn4sc(=Nc5ccccc5)nc4o3)c(O)c2c1. The van der Waals surface area contributed by atoms with E-state index in [1.165, 1.54) is 3.90 Å². The lowest BCUT2D eigenvalue weighted by Crippen LogP contribution is -2.04. The number of aryl methyl sites for hydroxylation is 1. The second-order valence-electron chi connectivity index (χ2n) is 6.11. The Balaban J connectivity index is 1.65. The number of para-hydroxylation sites is 1. The Labute approximate surface area is 160 Å². The van der Waals surface area contributed by atoms with Gasteiger partial charge < -0.3 is 13.9 Å². The molecule has 2 aromatic carbocycles. The van der Waals surface area contributed by atoms with Crippen molar-refractivity contribution in [2.75, 3.05) is 0 Å². The van der Waals surface area contributed by atoms with Crippen LogP contribution in [0.2, 0.25) is 0 Å². The summed E-state index contributed by atoms with van der Waals surface area (Å²) in [5.41, 5.74) is 1.08. The molecular weight excluding hydrogens is 380 g/mol. The number of hydrogen-bond acceptors (Lipinski definition) is 8. The Morgan fingerprint density at radius 3 is 2.75 bits per heavy atom. The summed E-state index contributed by atoms with van der Waals surface area (Å²) in [7, 11) is 0. The normalized spacial score (nSPS) is 12.2. The molecule has 0 atom stereocenters. The summed E-state index contributed by atoms with van der Waals surface area (Å²) in [4.78, 5) is 21.5. The maximum atomic E-state index is 12.4. The summed E-state index contributed by atoms with van der Waals surface area (Å²) < 4.78 is 12.3. The Bertz CT molecular complexity index is 1430. The van der Waals surface area contributed by atoms with Crippen LogP contribution in [0.3, 0.4) is 0 Å². The third-order valence-electron chi connectivity index (χ3n) is 4.12. The van der Waals surface area contributed by atoms with Crippen molar-refractivity contribution in [3.05, 3.63) is 69.3 Å². The highest BCUT2D eigenvalue weighted by Crippen LogP contribution is 2.33. The molecule has 9 heteroatoms. The molecule has 0 saturated heterocycles. The van der Waals surface area contributed by atoms with Crippen molar-refractivity contribution in [3.8, 4) is 17.2 Å². The highest BCUT2D eigenvalue weighted by molar-refractivity contribution is 7.03. The summed E-state index contributed by atoms with van der Waals surface area (Å²) in [6.07, 6.45) is 0. The van der Waals surface area contributed by atoms with Crippen molar-refractivity contribution in [2.24, 2.45) is 4.99 Å². The molecule has 138 valence electrons. The van der Waals surface area contributed by atoms with Crippen LogP contribution in [0.1, 0.15) is 5.56 Å². The third-order valence-corrected chi connectivity index (χ3v) is 4.88. The van der Waals surface area contributed by atoms with Crippen LogP contribution in [0.4, 0.5) is 5.69 Å². The number of fused-ring (bicyclic) bond motifs is 2. The summed E-state index contributed by atoms with van der Waals surface area (Å²) in [6.45, 7) is 1.88. The Morgan fingerprint density at radius 1 is 1.14 bits per heavy atom. The van der Waals surface area contributed by atoms with Gasteiger partial charge in [0, 0.05) is 11.5 Å². The number of benzene rings is 2. The van der Waals surface area contributed by atoms with E-state index >= 15 is 0 Å². The Morgan fingerprint density at radius 2 is 1.96 bits per heavy atom. The van der Waals surface area contributed by atoms with Crippen LogP contribution >= 0.6 is 11.5 Å². The summed E-state index contributed by atoms with van der Waals surface area (Å²) in [5.74, 6) is -0.142. The van der Waals surface area contributed by atoms with Crippen molar-refractivity contribution in [2.45, 2.75) is 6.92 Å². The van der Waals surface area contributed by atoms with E-state index in [4.69, 9.17) is 8.83 Å². The van der Waals surface area contributed by atoms with Crippen LogP contribution in [0.25, 0.3) is 28.3 Å². The Kier molecular flexibility index (Phi) is 3.63. The predicted octanol–water partition coefficient (Wildman–Crippen LogP) is 3.40. The van der Waals surface area contributed by atoms with Gasteiger partial charge in [-0.25, -0.2) is 9.79 Å². The molecule has 0 bridgehead atoms. The average Bonchev–Trinajstić information content (AvgIpc) is 3.22. The van der Waals surface area contributed by atoms with E-state index in [2.05, 4.69) is 15.1 Å². The molecule has 5 rings (SSSR count). The van der Waals surface area contributed by atoms with E-state index in [-0.39, 0.29) is 23.0 Å². The maximum absolute atomic E-state index is 12.4. The summed E-state index contributed by atoms with van der Waals surface area (Å²) in [6, 6.07) is 14.5. The largest absolute Gasteiger partial charge is 0.506 e. The van der Waals surface area contributed by atoms with Crippen molar-refractivity contribution < 1.29 is 13.9 Å². The minimum absolute atomic E-state index is 0.0698. The number of aromatic hydroxyl groups is 1. The van der Waals surface area contributed by atoms with Gasteiger partial charge in [-0.2, -0.15) is 4.98 Å². The van der Waals surface area contributed by atoms with Crippen LogP contribution in [-0.2, 0) is 0 Å². The molecule has 0 aliphatic rings. The number of nitrogens with zero attached hydrogens (tertiary/aromatic N) is 4. The molecule has 0 aliphatic carbocycles. The lowest BCUT2D eigenvalue weighted by molar-refractivity contribution is 0.466. The molecule has 0 spiro atoms. The van der Waals surface area contributed by atoms with Crippen molar-refractivity contribution >= 4 is 34.0 Å². The minimum atomic E-state index is -0.738. The molecule has 8 nitrogen and oxygen atoms in total. The van der Waals surface area contributed by atoms with Gasteiger partial charge in [-0.3, -0.25) is 0 Å². The molecule has 3 aromatic heterocycles. The smallest absolute Gasteiger partial charge is 0.353 e. The van der Waals surface area contributed by atoms with Gasteiger partial charge in [0.15, 0.2) is 5.56 Å². The van der Waals surface area contributed by atoms with Gasteiger partial charge in [0.25, 0.3) is 5.89 Å². The predicted molar refractivity (Wildman–Crippen MR) is 103 cm³/mol. The molecule has 28 heavy (non-hydrogen) atoms. The molecule has 0 saturated carbocycles. The van der Waals surface area contributed by atoms with Gasteiger partial charge in [-0.15, -0.1) is 9.00 Å². The highest BCUT2D eigenvalue weighted by Gasteiger charge is 2.22. The molecule has 3 heterocycles. The maximum Gasteiger partial charge on any atom is 0.353 e. The fourth-order valence-corrected chi connectivity index (χ4v) is 3.51. The monoisotopic (exact) mass is 392 g/mol. The zero-order chi connectivity index (χ0) is 19.3. The molecule has 0 fully saturated rings. The van der Waals surface area contributed by atoms with Gasteiger partial charge in [0.05, 0.1) is 11.1 Å². The first-order chi connectivity index (χ1) is 13.6. The second kappa shape index (κ2) is 6.17. The van der Waals surface area contributed by atoms with Crippen LogP contribution in [0, 0.1) is 6.92 Å². The van der Waals surface area contributed by atoms with E-state index in [1.807, 2.05) is 37.3 Å². The number of aromatic nitrogens is 3. The van der Waals surface area contributed by atoms with Crippen LogP contribution in [0.15, 0.2) is 67.2 Å². The van der Waals surface area contributed by atoms with Crippen molar-refractivity contribution in [1.29, 1.82) is 0 Å². The summed E-state index contributed by atoms with van der Waals surface area (Å²) in [5, 5.41) is 15.2. The zero-order valence-corrected chi connectivity index (χ0v) is 15.3. The molecular formula is C19H12N4O4S. The van der Waals surface area contributed by atoms with E-state index < -0.39 is 5.63 Å². The summed E-state index contributed by atoms with van der Waals surface area (Å²) >= 11 is 1.15. The van der Waals surface area contributed by atoms with Gasteiger partial charge >= 0.3 is 11.5 Å². The van der Waals surface area contributed by atoms with Gasteiger partial charge in [0.2, 0.25) is 4.80 Å². The van der Waals surface area contributed by atoms with Gasteiger partial charge in [-0.1, -0.05) is 29.8 Å². The van der Waals surface area contributed by atoms with E-state index in [0.29, 0.717) is 15.8 Å². The molecule has 0 radical (unpaired) electrons. The van der Waals surface area contributed by atoms with Crippen LogP contribution in [0.5, 0.6) is 5.75 Å². The quantitative estimate of drug-likeness (QED) is 0.462. The molecule has 1 N–H and O–H groups in total. The van der Waals surface area contributed by atoms with Crippen LogP contribution in [-0.4, -0.2) is 19.1 Å². The van der Waals surface area contributed by atoms with Gasteiger partial charge in [-0.05, 0) is 31.2 Å². The van der Waals surface area contributed by atoms with Gasteiger partial charge in [0.1, 0.15) is 11.3 Å². The lowest BCUT2D eigenvalue weighted by Gasteiger charge is -2.03. The average molecular weight is 392 g/mol. The van der Waals surface area contributed by atoms with E-state index in [1.54, 1.807) is 18.2 Å². The third kappa shape index (κ3) is 2.69. The zero-order valence-electron chi connectivity index (χ0n) is 14.5. The fraction of sp³-hybridized carbons (Fsp3) is 0.0526. The molecule has 5 aromatic rings. The first-order valence-corrected chi connectivity index (χ1v) is 9.09. The second-order valence-corrected chi connectivity index (χ2v) is 7.00. The van der Waals surface area contributed by atoms with Crippen molar-refractivity contribution in [1.82, 2.24) is 14.0 Å². The molecule has 0 aliphatic heterocycles. The fourth-order valence-electron chi connectivity index (χ4n) is 2.82. The number of hydrogen-bond donors (Lipinski definition) is 1. The standard InChI is InChI=1S/C19H12N4O4S/c1-10-7-8-13-12(9-10)15(24)14(17(25)26-13)16-22-23-19(27-16)21-18(28-23)20-11-5-3-2-4-6-11/h2-9,24H,1H3.